The number of ether oxygens (including phenoxy) is 1. The molecule has 0 aliphatic carbocycles. The molecule has 156 valence electrons. The van der Waals surface area contributed by atoms with Crippen LogP contribution in [0, 0.1) is 6.92 Å². The Labute approximate surface area is 179 Å². The molecular weight excluding hydrogens is 392 g/mol. The predicted octanol–water partition coefficient (Wildman–Crippen LogP) is 4.41. The fourth-order valence-electron chi connectivity index (χ4n) is 3.41. The van der Waals surface area contributed by atoms with Gasteiger partial charge in [0.2, 0.25) is 0 Å². The van der Waals surface area contributed by atoms with Gasteiger partial charge in [-0.15, -0.1) is 0 Å². The Hall–Kier alpha value is -4.13. The number of nitrogens with one attached hydrogen (secondary N) is 2. The van der Waals surface area contributed by atoms with E-state index in [2.05, 4.69) is 20.7 Å². The molecule has 7 heteroatoms. The van der Waals surface area contributed by atoms with Gasteiger partial charge in [0, 0.05) is 16.7 Å². The fourth-order valence-corrected chi connectivity index (χ4v) is 3.41. The van der Waals surface area contributed by atoms with Crippen LogP contribution in [0.25, 0.3) is 22.0 Å². The predicted molar refractivity (Wildman–Crippen MR) is 121 cm³/mol. The van der Waals surface area contributed by atoms with E-state index >= 15 is 0 Å². The molecular formula is C24H22N4O3. The van der Waals surface area contributed by atoms with Gasteiger partial charge in [0.15, 0.2) is 0 Å². The number of aromatic amines is 1. The molecule has 4 rings (SSSR count). The maximum absolute atomic E-state index is 12.6. The van der Waals surface area contributed by atoms with Crippen molar-refractivity contribution in [2.45, 2.75) is 13.8 Å². The van der Waals surface area contributed by atoms with E-state index in [9.17, 15) is 9.90 Å². The second-order valence-electron chi connectivity index (χ2n) is 6.95. The average Bonchev–Trinajstić information content (AvgIpc) is 3.17. The van der Waals surface area contributed by atoms with Crippen molar-refractivity contribution in [1.82, 2.24) is 15.6 Å². The number of hydrogen-bond acceptors (Lipinski definition) is 5. The first-order valence-corrected chi connectivity index (χ1v) is 9.90. The van der Waals surface area contributed by atoms with Crippen molar-refractivity contribution in [3.63, 3.8) is 0 Å². The molecule has 3 N–H and O–H groups in total. The molecule has 3 aromatic carbocycles. The van der Waals surface area contributed by atoms with Gasteiger partial charge in [-0.25, -0.2) is 5.43 Å². The zero-order valence-corrected chi connectivity index (χ0v) is 17.2. The molecule has 0 aliphatic rings. The molecule has 4 aromatic rings. The summed E-state index contributed by atoms with van der Waals surface area (Å²) >= 11 is 0. The van der Waals surface area contributed by atoms with Gasteiger partial charge in [-0.2, -0.15) is 10.2 Å². The van der Waals surface area contributed by atoms with E-state index in [1.807, 2.05) is 68.4 Å². The van der Waals surface area contributed by atoms with Crippen LogP contribution in [0.5, 0.6) is 11.5 Å². The van der Waals surface area contributed by atoms with Crippen LogP contribution in [-0.4, -0.2) is 34.0 Å². The molecule has 1 amide bonds. The molecule has 31 heavy (non-hydrogen) atoms. The molecule has 0 bridgehead atoms. The number of nitrogens with zero attached hydrogens (tertiary/aromatic N) is 2. The smallest absolute Gasteiger partial charge is 0.289 e. The van der Waals surface area contributed by atoms with Crippen molar-refractivity contribution < 1.29 is 14.6 Å². The molecule has 0 saturated heterocycles. The van der Waals surface area contributed by atoms with E-state index in [1.54, 1.807) is 6.07 Å². The number of rotatable bonds is 6. The number of hydrazone groups is 1. The minimum atomic E-state index is -0.418. The van der Waals surface area contributed by atoms with Crippen LogP contribution < -0.4 is 10.2 Å². The number of hydrogen-bond donors (Lipinski definition) is 3. The molecule has 1 aromatic heterocycles. The third-order valence-corrected chi connectivity index (χ3v) is 4.98. The summed E-state index contributed by atoms with van der Waals surface area (Å²) in [7, 11) is 0. The van der Waals surface area contributed by atoms with E-state index in [1.165, 1.54) is 6.21 Å². The second-order valence-corrected chi connectivity index (χ2v) is 6.95. The summed E-state index contributed by atoms with van der Waals surface area (Å²) in [6.07, 6.45) is 1.44. The van der Waals surface area contributed by atoms with E-state index < -0.39 is 5.91 Å². The lowest BCUT2D eigenvalue weighted by Crippen LogP contribution is -2.19. The monoisotopic (exact) mass is 414 g/mol. The number of aromatic nitrogens is 2. The molecule has 1 heterocycles. The highest BCUT2D eigenvalue weighted by Gasteiger charge is 2.17. The normalized spacial score (nSPS) is 11.2. The first-order chi connectivity index (χ1) is 15.1. The van der Waals surface area contributed by atoms with Crippen LogP contribution in [-0.2, 0) is 0 Å². The summed E-state index contributed by atoms with van der Waals surface area (Å²) in [5.41, 5.74) is 5.63. The van der Waals surface area contributed by atoms with Crippen molar-refractivity contribution in [2.75, 3.05) is 6.61 Å². The van der Waals surface area contributed by atoms with E-state index in [-0.39, 0.29) is 5.75 Å². The molecule has 0 aliphatic heterocycles. The van der Waals surface area contributed by atoms with Crippen LogP contribution in [0.15, 0.2) is 65.8 Å². The Kier molecular flexibility index (Phi) is 5.66. The maximum Gasteiger partial charge on any atom is 0.289 e. The Morgan fingerprint density at radius 2 is 1.94 bits per heavy atom. The number of carbonyl (C=O) groups is 1. The van der Waals surface area contributed by atoms with Crippen molar-refractivity contribution in [2.24, 2.45) is 5.10 Å². The summed E-state index contributed by atoms with van der Waals surface area (Å²) in [5.74, 6) is 0.453. The number of carbonyl (C=O) groups excluding carboxylic acids is 1. The largest absolute Gasteiger partial charge is 0.507 e. The summed E-state index contributed by atoms with van der Waals surface area (Å²) in [4.78, 5) is 12.6. The Bertz CT molecular complexity index is 1260. The van der Waals surface area contributed by atoms with Crippen LogP contribution >= 0.6 is 0 Å². The van der Waals surface area contributed by atoms with Crippen LogP contribution in [0.3, 0.4) is 0 Å². The summed E-state index contributed by atoms with van der Waals surface area (Å²) < 4.78 is 5.46. The average molecular weight is 414 g/mol. The SMILES string of the molecule is CCOc1ccc(-c2n[nH]c(C(=O)N/N=C\c3c(O)ccc4ccccc34)c2C)cc1. The molecule has 0 fully saturated rings. The topological polar surface area (TPSA) is 99.6 Å². The number of amides is 1. The Morgan fingerprint density at radius 1 is 1.16 bits per heavy atom. The number of phenolic OH excluding ortho intramolecular Hbond substituents is 1. The van der Waals surface area contributed by atoms with E-state index in [0.29, 0.717) is 29.1 Å². The van der Waals surface area contributed by atoms with E-state index in [4.69, 9.17) is 4.74 Å². The quantitative estimate of drug-likeness (QED) is 0.321. The lowest BCUT2D eigenvalue weighted by Gasteiger charge is -2.05. The van der Waals surface area contributed by atoms with Gasteiger partial charge in [0.1, 0.15) is 17.2 Å². The van der Waals surface area contributed by atoms with Crippen molar-refractivity contribution in [3.05, 3.63) is 77.5 Å². The third kappa shape index (κ3) is 4.11. The Morgan fingerprint density at radius 3 is 2.71 bits per heavy atom. The number of H-pyrrole nitrogens is 1. The standard InChI is InChI=1S/C24H22N4O3/c1-3-31-18-11-8-17(9-12-18)22-15(2)23(27-26-22)24(30)28-25-14-20-19-7-5-4-6-16(19)10-13-21(20)29/h4-14,29H,3H2,1-2H3,(H,26,27)(H,28,30)/b25-14-. The molecule has 0 spiro atoms. The minimum absolute atomic E-state index is 0.0900. The summed E-state index contributed by atoms with van der Waals surface area (Å²) in [6.45, 7) is 4.35. The lowest BCUT2D eigenvalue weighted by molar-refractivity contribution is 0.0949. The van der Waals surface area contributed by atoms with Gasteiger partial charge in [0.25, 0.3) is 5.91 Å². The fraction of sp³-hybridized carbons (Fsp3) is 0.125. The molecule has 0 radical (unpaired) electrons. The highest BCUT2D eigenvalue weighted by molar-refractivity contribution is 6.03. The van der Waals surface area contributed by atoms with Gasteiger partial charge in [-0.05, 0) is 55.0 Å². The zero-order chi connectivity index (χ0) is 21.8. The van der Waals surface area contributed by atoms with Crippen molar-refractivity contribution in [3.8, 4) is 22.8 Å². The second kappa shape index (κ2) is 8.71. The zero-order valence-electron chi connectivity index (χ0n) is 17.2. The highest BCUT2D eigenvalue weighted by Crippen LogP contribution is 2.26. The van der Waals surface area contributed by atoms with Gasteiger partial charge in [-0.1, -0.05) is 30.3 Å². The van der Waals surface area contributed by atoms with Gasteiger partial charge < -0.3 is 9.84 Å². The lowest BCUT2D eigenvalue weighted by atomic mass is 10.0. The summed E-state index contributed by atoms with van der Waals surface area (Å²) in [6, 6.07) is 18.6. The van der Waals surface area contributed by atoms with Crippen molar-refractivity contribution in [1.29, 1.82) is 0 Å². The summed E-state index contributed by atoms with van der Waals surface area (Å²) in [5, 5.41) is 23.1. The number of benzene rings is 3. The van der Waals surface area contributed by atoms with Gasteiger partial charge >= 0.3 is 0 Å². The first-order valence-electron chi connectivity index (χ1n) is 9.90. The third-order valence-electron chi connectivity index (χ3n) is 4.98. The van der Waals surface area contributed by atoms with Crippen molar-refractivity contribution >= 4 is 22.9 Å². The molecule has 0 saturated carbocycles. The van der Waals surface area contributed by atoms with E-state index in [0.717, 1.165) is 22.1 Å². The number of fused-ring (bicyclic) bond motifs is 1. The molecule has 0 unspecified atom stereocenters. The van der Waals surface area contributed by atoms with Crippen LogP contribution in [0.1, 0.15) is 28.5 Å². The number of aromatic hydroxyl groups is 1. The highest BCUT2D eigenvalue weighted by atomic mass is 16.5. The minimum Gasteiger partial charge on any atom is -0.507 e. The Balaban J connectivity index is 1.52. The maximum atomic E-state index is 12.6. The van der Waals surface area contributed by atoms with Gasteiger partial charge in [-0.3, -0.25) is 9.89 Å². The molecule has 7 nitrogen and oxygen atoms in total. The van der Waals surface area contributed by atoms with Gasteiger partial charge in [0.05, 0.1) is 18.5 Å². The van der Waals surface area contributed by atoms with Crippen LogP contribution in [0.2, 0.25) is 0 Å². The van der Waals surface area contributed by atoms with Crippen LogP contribution in [0.4, 0.5) is 0 Å². The first kappa shape index (κ1) is 20.2. The number of phenols is 1. The molecule has 0 atom stereocenters.